The van der Waals surface area contributed by atoms with Crippen LogP contribution in [0.3, 0.4) is 0 Å². The van der Waals surface area contributed by atoms with Gasteiger partial charge in [0.15, 0.2) is 0 Å². The van der Waals surface area contributed by atoms with Crippen molar-refractivity contribution in [2.24, 2.45) is 5.92 Å². The van der Waals surface area contributed by atoms with Crippen LogP contribution in [0.2, 0.25) is 0 Å². The molecule has 0 aliphatic carbocycles. The molecule has 2 amide bonds. The summed E-state index contributed by atoms with van der Waals surface area (Å²) in [4.78, 5) is 24.3. The number of carboxylic acid groups (broad SMARTS) is 1. The van der Waals surface area contributed by atoms with Gasteiger partial charge >= 0.3 is 12.0 Å². The molecule has 7 nitrogen and oxygen atoms in total. The first-order chi connectivity index (χ1) is 8.93. The Balaban J connectivity index is 2.37. The van der Waals surface area contributed by atoms with Gasteiger partial charge in [-0.25, -0.2) is 4.79 Å². The summed E-state index contributed by atoms with van der Waals surface area (Å²) in [5.41, 5.74) is 0. The topological polar surface area (TPSA) is 88.1 Å². The Morgan fingerprint density at radius 3 is 2.74 bits per heavy atom. The van der Waals surface area contributed by atoms with Crippen LogP contribution in [0.25, 0.3) is 0 Å². The van der Waals surface area contributed by atoms with Gasteiger partial charge in [0.05, 0.1) is 32.0 Å². The van der Waals surface area contributed by atoms with Crippen molar-refractivity contribution in [3.63, 3.8) is 0 Å². The number of nitrogens with zero attached hydrogens (tertiary/aromatic N) is 1. The first kappa shape index (κ1) is 15.7. The molecule has 0 spiro atoms. The van der Waals surface area contributed by atoms with Crippen LogP contribution >= 0.6 is 0 Å². The molecule has 0 saturated carbocycles. The summed E-state index contributed by atoms with van der Waals surface area (Å²) in [6.07, 6.45) is 0.120. The number of hydrogen-bond acceptors (Lipinski definition) is 4. The number of carbonyl (C=O) groups is 2. The molecule has 0 aromatic heterocycles. The Morgan fingerprint density at radius 2 is 2.16 bits per heavy atom. The SMILES string of the molecule is CC(C)OCCNC(=O)N(C)C1COCC1C(=O)O. The molecule has 2 unspecified atom stereocenters. The molecule has 19 heavy (non-hydrogen) atoms. The number of urea groups is 1. The van der Waals surface area contributed by atoms with Crippen molar-refractivity contribution >= 4 is 12.0 Å². The van der Waals surface area contributed by atoms with E-state index in [1.54, 1.807) is 7.05 Å². The minimum atomic E-state index is -0.940. The maximum Gasteiger partial charge on any atom is 0.317 e. The number of nitrogens with one attached hydrogen (secondary N) is 1. The predicted octanol–water partition coefficient (Wildman–Crippen LogP) is 0.152. The Labute approximate surface area is 112 Å². The van der Waals surface area contributed by atoms with Crippen molar-refractivity contribution in [1.82, 2.24) is 10.2 Å². The molecule has 0 radical (unpaired) electrons. The van der Waals surface area contributed by atoms with E-state index in [-0.39, 0.29) is 25.3 Å². The second-order valence-electron chi connectivity index (χ2n) is 4.81. The summed E-state index contributed by atoms with van der Waals surface area (Å²) >= 11 is 0. The number of aliphatic carboxylic acids is 1. The molecule has 0 aromatic carbocycles. The molecular weight excluding hydrogens is 252 g/mol. The van der Waals surface area contributed by atoms with Crippen molar-refractivity contribution < 1.29 is 24.2 Å². The monoisotopic (exact) mass is 274 g/mol. The zero-order valence-corrected chi connectivity index (χ0v) is 11.6. The zero-order valence-electron chi connectivity index (χ0n) is 11.6. The first-order valence-electron chi connectivity index (χ1n) is 6.36. The number of hydrogen-bond donors (Lipinski definition) is 2. The van der Waals surface area contributed by atoms with Gasteiger partial charge in [-0.15, -0.1) is 0 Å². The number of likely N-dealkylation sites (N-methyl/N-ethyl adjacent to an activating group) is 1. The Morgan fingerprint density at radius 1 is 1.47 bits per heavy atom. The van der Waals surface area contributed by atoms with E-state index in [4.69, 9.17) is 14.6 Å². The van der Waals surface area contributed by atoms with E-state index < -0.39 is 17.9 Å². The van der Waals surface area contributed by atoms with Crippen molar-refractivity contribution in [3.05, 3.63) is 0 Å². The van der Waals surface area contributed by atoms with Gasteiger partial charge in [-0.2, -0.15) is 0 Å². The molecule has 1 aliphatic heterocycles. The lowest BCUT2D eigenvalue weighted by Gasteiger charge is -2.26. The van der Waals surface area contributed by atoms with Gasteiger partial charge in [0.2, 0.25) is 0 Å². The molecule has 0 bridgehead atoms. The molecular formula is C12H22N2O5. The number of amides is 2. The molecule has 1 fully saturated rings. The summed E-state index contributed by atoms with van der Waals surface area (Å²) < 4.78 is 10.4. The van der Waals surface area contributed by atoms with Crippen LogP contribution in [0.15, 0.2) is 0 Å². The smallest absolute Gasteiger partial charge is 0.317 e. The highest BCUT2D eigenvalue weighted by atomic mass is 16.5. The fourth-order valence-corrected chi connectivity index (χ4v) is 1.89. The van der Waals surface area contributed by atoms with Gasteiger partial charge in [-0.05, 0) is 13.8 Å². The van der Waals surface area contributed by atoms with Crippen molar-refractivity contribution in [3.8, 4) is 0 Å². The van der Waals surface area contributed by atoms with E-state index in [1.807, 2.05) is 13.8 Å². The zero-order chi connectivity index (χ0) is 14.4. The van der Waals surface area contributed by atoms with E-state index >= 15 is 0 Å². The Bertz CT molecular complexity index is 321. The predicted molar refractivity (Wildman–Crippen MR) is 68.0 cm³/mol. The number of carboxylic acids is 1. The van der Waals surface area contributed by atoms with Crippen LogP contribution in [0.1, 0.15) is 13.8 Å². The average molecular weight is 274 g/mol. The Hall–Kier alpha value is -1.34. The molecule has 1 saturated heterocycles. The van der Waals surface area contributed by atoms with E-state index in [1.165, 1.54) is 4.90 Å². The van der Waals surface area contributed by atoms with Crippen LogP contribution in [0, 0.1) is 5.92 Å². The van der Waals surface area contributed by atoms with Crippen LogP contribution in [0.5, 0.6) is 0 Å². The highest BCUT2D eigenvalue weighted by Gasteiger charge is 2.38. The number of carbonyl (C=O) groups excluding carboxylic acids is 1. The van der Waals surface area contributed by atoms with Gasteiger partial charge in [0.25, 0.3) is 0 Å². The molecule has 2 N–H and O–H groups in total. The third kappa shape index (κ3) is 4.68. The van der Waals surface area contributed by atoms with Crippen LogP contribution in [-0.4, -0.2) is 67.6 Å². The molecule has 2 atom stereocenters. The standard InChI is InChI=1S/C12H22N2O5/c1-8(2)19-5-4-13-12(17)14(3)10-7-18-6-9(10)11(15)16/h8-10H,4-7H2,1-3H3,(H,13,17)(H,15,16). The first-order valence-corrected chi connectivity index (χ1v) is 6.36. The van der Waals surface area contributed by atoms with Gasteiger partial charge < -0.3 is 24.8 Å². The molecule has 1 aliphatic rings. The van der Waals surface area contributed by atoms with Crippen LogP contribution in [-0.2, 0) is 14.3 Å². The number of ether oxygens (including phenoxy) is 2. The van der Waals surface area contributed by atoms with Gasteiger partial charge in [0, 0.05) is 13.6 Å². The second kappa shape index (κ2) is 7.30. The summed E-state index contributed by atoms with van der Waals surface area (Å²) in [6.45, 7) is 5.06. The normalized spacial score (nSPS) is 22.5. The van der Waals surface area contributed by atoms with E-state index in [0.29, 0.717) is 13.2 Å². The van der Waals surface area contributed by atoms with Gasteiger partial charge in [-0.1, -0.05) is 0 Å². The summed E-state index contributed by atoms with van der Waals surface area (Å²) in [5.74, 6) is -1.60. The molecule has 7 heteroatoms. The highest BCUT2D eigenvalue weighted by molar-refractivity contribution is 5.77. The quantitative estimate of drug-likeness (QED) is 0.673. The lowest BCUT2D eigenvalue weighted by molar-refractivity contribution is -0.142. The van der Waals surface area contributed by atoms with Crippen molar-refractivity contribution in [1.29, 1.82) is 0 Å². The molecule has 0 aromatic rings. The van der Waals surface area contributed by atoms with Crippen LogP contribution < -0.4 is 5.32 Å². The van der Waals surface area contributed by atoms with E-state index in [0.717, 1.165) is 0 Å². The minimum absolute atomic E-state index is 0.120. The molecule has 110 valence electrons. The largest absolute Gasteiger partial charge is 0.481 e. The fraction of sp³-hybridized carbons (Fsp3) is 0.833. The maximum atomic E-state index is 11.9. The second-order valence-corrected chi connectivity index (χ2v) is 4.81. The third-order valence-corrected chi connectivity index (χ3v) is 3.01. The summed E-state index contributed by atoms with van der Waals surface area (Å²) in [5, 5.41) is 11.7. The van der Waals surface area contributed by atoms with Gasteiger partial charge in [0.1, 0.15) is 5.92 Å². The maximum absolute atomic E-state index is 11.9. The number of rotatable bonds is 6. The third-order valence-electron chi connectivity index (χ3n) is 3.01. The Kier molecular flexibility index (Phi) is 6.04. The van der Waals surface area contributed by atoms with E-state index in [2.05, 4.69) is 5.32 Å². The van der Waals surface area contributed by atoms with Crippen molar-refractivity contribution in [2.75, 3.05) is 33.4 Å². The molecule has 1 heterocycles. The van der Waals surface area contributed by atoms with Crippen LogP contribution in [0.4, 0.5) is 4.79 Å². The lowest BCUT2D eigenvalue weighted by Crippen LogP contribution is -2.49. The summed E-state index contributed by atoms with van der Waals surface area (Å²) in [7, 11) is 1.58. The molecule has 1 rings (SSSR count). The average Bonchev–Trinajstić information content (AvgIpc) is 2.82. The highest BCUT2D eigenvalue weighted by Crippen LogP contribution is 2.18. The minimum Gasteiger partial charge on any atom is -0.481 e. The van der Waals surface area contributed by atoms with Crippen molar-refractivity contribution in [2.45, 2.75) is 26.0 Å². The summed E-state index contributed by atoms with van der Waals surface area (Å²) in [6, 6.07) is -0.738. The lowest BCUT2D eigenvalue weighted by atomic mass is 10.0. The van der Waals surface area contributed by atoms with E-state index in [9.17, 15) is 9.59 Å². The van der Waals surface area contributed by atoms with Gasteiger partial charge in [-0.3, -0.25) is 4.79 Å². The fourth-order valence-electron chi connectivity index (χ4n) is 1.89.